The van der Waals surface area contributed by atoms with E-state index >= 15 is 0 Å². The van der Waals surface area contributed by atoms with E-state index in [-0.39, 0.29) is 12.4 Å². The molecule has 0 unspecified atom stereocenters. The van der Waals surface area contributed by atoms with E-state index in [9.17, 15) is 4.79 Å². The highest BCUT2D eigenvalue weighted by atomic mass is 79.9. The van der Waals surface area contributed by atoms with Gasteiger partial charge in [-0.1, -0.05) is 48.0 Å². The highest BCUT2D eigenvalue weighted by Gasteiger charge is 2.19. The van der Waals surface area contributed by atoms with Crippen molar-refractivity contribution in [2.24, 2.45) is 0 Å². The number of nitrogens with zero attached hydrogens (tertiary/aromatic N) is 1. The Hall–Kier alpha value is -0.710. The van der Waals surface area contributed by atoms with E-state index in [4.69, 9.17) is 5.11 Å². The van der Waals surface area contributed by atoms with E-state index in [1.807, 2.05) is 24.3 Å². The Balaban J connectivity index is 2.79. The maximum Gasteiger partial charge on any atom is 0.177 e. The average Bonchev–Trinajstić information content (AvgIpc) is 2.40. The molecule has 0 amide bonds. The number of carbonyl (C=O) groups excluding carboxylic acids is 1. The first-order chi connectivity index (χ1) is 9.13. The minimum Gasteiger partial charge on any atom is -0.395 e. The third-order valence-corrected chi connectivity index (χ3v) is 4.06. The van der Waals surface area contributed by atoms with Gasteiger partial charge in [-0.25, -0.2) is 0 Å². The van der Waals surface area contributed by atoms with Crippen molar-refractivity contribution >= 4 is 21.7 Å². The third-order valence-electron chi connectivity index (χ3n) is 3.37. The molecule has 0 heterocycles. The quantitative estimate of drug-likeness (QED) is 0.746. The predicted molar refractivity (Wildman–Crippen MR) is 81.5 cm³/mol. The van der Waals surface area contributed by atoms with Gasteiger partial charge in [0.1, 0.15) is 0 Å². The van der Waals surface area contributed by atoms with Gasteiger partial charge in [0, 0.05) is 22.6 Å². The Bertz CT molecular complexity index is 405. The Labute approximate surface area is 123 Å². The summed E-state index contributed by atoms with van der Waals surface area (Å²) < 4.78 is 0.827. The number of Topliss-reactive ketones (excluding diaryl/α,β-unsaturated/α-hetero) is 1. The van der Waals surface area contributed by atoms with Crippen molar-refractivity contribution in [1.82, 2.24) is 4.90 Å². The van der Waals surface area contributed by atoms with Gasteiger partial charge in [0.15, 0.2) is 5.78 Å². The number of aliphatic hydroxyl groups is 1. The summed E-state index contributed by atoms with van der Waals surface area (Å²) in [6, 6.07) is 7.81. The fourth-order valence-electron chi connectivity index (χ4n) is 2.28. The molecule has 0 aromatic heterocycles. The van der Waals surface area contributed by atoms with Crippen molar-refractivity contribution in [1.29, 1.82) is 0 Å². The van der Waals surface area contributed by atoms with Crippen LogP contribution >= 0.6 is 15.9 Å². The number of carbonyl (C=O) groups is 1. The summed E-state index contributed by atoms with van der Waals surface area (Å²) in [6.45, 7) is 5.21. The van der Waals surface area contributed by atoms with Gasteiger partial charge in [0.25, 0.3) is 0 Å². The summed E-state index contributed by atoms with van der Waals surface area (Å²) in [5.74, 6) is 0.0906. The average molecular weight is 328 g/mol. The lowest BCUT2D eigenvalue weighted by Crippen LogP contribution is -2.40. The van der Waals surface area contributed by atoms with Crippen LogP contribution < -0.4 is 0 Å². The number of ketones is 1. The van der Waals surface area contributed by atoms with Crippen LogP contribution in [0.2, 0.25) is 0 Å². The van der Waals surface area contributed by atoms with Gasteiger partial charge in [0.2, 0.25) is 0 Å². The summed E-state index contributed by atoms with van der Waals surface area (Å²) in [6.07, 6.45) is 1.97. The number of halogens is 1. The molecule has 1 aromatic carbocycles. The number of rotatable bonds is 8. The van der Waals surface area contributed by atoms with Crippen LogP contribution in [0.1, 0.15) is 37.0 Å². The van der Waals surface area contributed by atoms with E-state index in [1.165, 1.54) is 0 Å². The lowest BCUT2D eigenvalue weighted by molar-refractivity contribution is 0.0849. The second kappa shape index (κ2) is 8.46. The predicted octanol–water partition coefficient (Wildman–Crippen LogP) is 3.11. The first-order valence-electron chi connectivity index (χ1n) is 6.76. The van der Waals surface area contributed by atoms with Crippen molar-refractivity contribution in [2.45, 2.75) is 32.7 Å². The molecule has 106 valence electrons. The van der Waals surface area contributed by atoms with Gasteiger partial charge >= 0.3 is 0 Å². The molecule has 0 spiro atoms. The molecule has 19 heavy (non-hydrogen) atoms. The summed E-state index contributed by atoms with van der Waals surface area (Å²) in [5, 5.41) is 9.15. The Morgan fingerprint density at radius 1 is 1.32 bits per heavy atom. The monoisotopic (exact) mass is 327 g/mol. The molecule has 1 aromatic rings. The smallest absolute Gasteiger partial charge is 0.177 e. The van der Waals surface area contributed by atoms with Crippen LogP contribution in [0.25, 0.3) is 0 Å². The molecule has 0 aliphatic carbocycles. The van der Waals surface area contributed by atoms with E-state index in [2.05, 4.69) is 34.7 Å². The molecule has 4 heteroatoms. The fourth-order valence-corrected chi connectivity index (χ4v) is 2.79. The zero-order valence-corrected chi connectivity index (χ0v) is 13.2. The highest BCUT2D eigenvalue weighted by molar-refractivity contribution is 9.10. The molecule has 0 aliphatic heterocycles. The molecule has 3 nitrogen and oxygen atoms in total. The van der Waals surface area contributed by atoms with Gasteiger partial charge in [0.05, 0.1) is 13.2 Å². The minimum absolute atomic E-state index is 0.0831. The van der Waals surface area contributed by atoms with E-state index in [0.717, 1.165) is 17.3 Å². The second-order valence-corrected chi connectivity index (χ2v) is 5.42. The van der Waals surface area contributed by atoms with Crippen molar-refractivity contribution in [2.75, 3.05) is 19.7 Å². The molecule has 0 atom stereocenters. The zero-order valence-electron chi connectivity index (χ0n) is 11.6. The van der Waals surface area contributed by atoms with Crippen LogP contribution in [0.3, 0.4) is 0 Å². The lowest BCUT2D eigenvalue weighted by Gasteiger charge is -2.29. The SMILES string of the molecule is CCC(CC)N(CCO)CC(=O)c1ccccc1Br. The maximum absolute atomic E-state index is 12.3. The van der Waals surface area contributed by atoms with Crippen LogP contribution in [-0.2, 0) is 0 Å². The molecule has 1 N–H and O–H groups in total. The lowest BCUT2D eigenvalue weighted by atomic mass is 10.1. The number of hydrogen-bond donors (Lipinski definition) is 1. The van der Waals surface area contributed by atoms with Crippen LogP contribution in [0.15, 0.2) is 28.7 Å². The number of hydrogen-bond acceptors (Lipinski definition) is 3. The van der Waals surface area contributed by atoms with Crippen LogP contribution in [0.4, 0.5) is 0 Å². The molecule has 0 bridgehead atoms. The number of aliphatic hydroxyl groups excluding tert-OH is 1. The summed E-state index contributed by atoms with van der Waals surface area (Å²) in [7, 11) is 0. The molecule has 0 saturated heterocycles. The van der Waals surface area contributed by atoms with Gasteiger partial charge in [-0.05, 0) is 18.9 Å². The van der Waals surface area contributed by atoms with Crippen molar-refractivity contribution < 1.29 is 9.90 Å². The molecule has 0 fully saturated rings. The summed E-state index contributed by atoms with van der Waals surface area (Å²) >= 11 is 3.41. The maximum atomic E-state index is 12.3. The van der Waals surface area contributed by atoms with Gasteiger partial charge in [-0.3, -0.25) is 9.69 Å². The van der Waals surface area contributed by atoms with E-state index < -0.39 is 0 Å². The molecular weight excluding hydrogens is 306 g/mol. The first kappa shape index (κ1) is 16.3. The highest BCUT2D eigenvalue weighted by Crippen LogP contribution is 2.18. The molecular formula is C15H22BrNO2. The largest absolute Gasteiger partial charge is 0.395 e. The molecule has 1 rings (SSSR count). The van der Waals surface area contributed by atoms with Crippen LogP contribution in [0.5, 0.6) is 0 Å². The normalized spacial score (nSPS) is 11.3. The Morgan fingerprint density at radius 2 is 1.95 bits per heavy atom. The Morgan fingerprint density at radius 3 is 2.47 bits per heavy atom. The Kier molecular flexibility index (Phi) is 7.28. The summed E-state index contributed by atoms with van der Waals surface area (Å²) in [5.41, 5.74) is 0.705. The third kappa shape index (κ3) is 4.71. The van der Waals surface area contributed by atoms with Gasteiger partial charge in [-0.15, -0.1) is 0 Å². The standard InChI is InChI=1S/C15H22BrNO2/c1-3-12(4-2)17(9-10-18)11-15(19)13-7-5-6-8-14(13)16/h5-8,12,18H,3-4,9-11H2,1-2H3. The van der Waals surface area contributed by atoms with Crippen molar-refractivity contribution in [3.05, 3.63) is 34.3 Å². The van der Waals surface area contributed by atoms with Gasteiger partial charge < -0.3 is 5.11 Å². The molecule has 0 aliphatic rings. The summed E-state index contributed by atoms with van der Waals surface area (Å²) in [4.78, 5) is 14.4. The second-order valence-electron chi connectivity index (χ2n) is 4.57. The van der Waals surface area contributed by atoms with Crippen molar-refractivity contribution in [3.63, 3.8) is 0 Å². The molecule has 0 radical (unpaired) electrons. The zero-order chi connectivity index (χ0) is 14.3. The van der Waals surface area contributed by atoms with E-state index in [1.54, 1.807) is 0 Å². The van der Waals surface area contributed by atoms with Crippen LogP contribution in [0, 0.1) is 0 Å². The van der Waals surface area contributed by atoms with Crippen LogP contribution in [-0.4, -0.2) is 41.5 Å². The number of benzene rings is 1. The molecule has 0 saturated carbocycles. The van der Waals surface area contributed by atoms with Gasteiger partial charge in [-0.2, -0.15) is 0 Å². The van der Waals surface area contributed by atoms with E-state index in [0.29, 0.717) is 24.7 Å². The van der Waals surface area contributed by atoms with Crippen molar-refractivity contribution in [3.8, 4) is 0 Å². The first-order valence-corrected chi connectivity index (χ1v) is 7.55. The minimum atomic E-state index is 0.0831. The topological polar surface area (TPSA) is 40.5 Å². The fraction of sp³-hybridized carbons (Fsp3) is 0.533.